The number of nitrogens with one attached hydrogen (secondary N) is 2. The van der Waals surface area contributed by atoms with Crippen molar-refractivity contribution in [1.82, 2.24) is 15.5 Å². The van der Waals surface area contributed by atoms with Crippen LogP contribution in [0.5, 0.6) is 5.75 Å². The van der Waals surface area contributed by atoms with Crippen LogP contribution in [0, 0.1) is 0 Å². The molecule has 10 nitrogen and oxygen atoms in total. The van der Waals surface area contributed by atoms with Crippen LogP contribution in [0.4, 0.5) is 13.2 Å². The lowest BCUT2D eigenvalue weighted by molar-refractivity contribution is -0.151. The zero-order valence-corrected chi connectivity index (χ0v) is 26.9. The van der Waals surface area contributed by atoms with Gasteiger partial charge in [-0.25, -0.2) is 4.79 Å². The van der Waals surface area contributed by atoms with Gasteiger partial charge in [0.25, 0.3) is 11.8 Å². The van der Waals surface area contributed by atoms with E-state index in [-0.39, 0.29) is 55.9 Å². The minimum absolute atomic E-state index is 0.00391. The molecule has 0 radical (unpaired) electrons. The Morgan fingerprint density at radius 2 is 1.73 bits per heavy atom. The molecule has 0 bridgehead atoms. The van der Waals surface area contributed by atoms with Crippen molar-refractivity contribution in [3.8, 4) is 5.75 Å². The van der Waals surface area contributed by atoms with Crippen LogP contribution in [0.3, 0.4) is 0 Å². The molecule has 1 aliphatic heterocycles. The van der Waals surface area contributed by atoms with E-state index in [4.69, 9.17) is 14.2 Å². The summed E-state index contributed by atoms with van der Waals surface area (Å²) >= 11 is 0. The SMILES string of the molecule is C=CCOC(=O)CC[C@@H](C(=O)OCc1ccccc1)N(C)C(=O)c1ccc(OC[C@@H]2C[C@@H](NC(=O)c3cccc(C(F)(F)F)c3)CN2)cc1. The molecular formula is C36H38F3N3O7. The molecule has 1 fully saturated rings. The summed E-state index contributed by atoms with van der Waals surface area (Å²) < 4.78 is 55.4. The van der Waals surface area contributed by atoms with Crippen molar-refractivity contribution in [3.63, 3.8) is 0 Å². The minimum Gasteiger partial charge on any atom is -0.492 e. The first-order valence-corrected chi connectivity index (χ1v) is 15.6. The maximum Gasteiger partial charge on any atom is 0.416 e. The van der Waals surface area contributed by atoms with E-state index >= 15 is 0 Å². The van der Waals surface area contributed by atoms with E-state index in [1.807, 2.05) is 18.2 Å². The van der Waals surface area contributed by atoms with Crippen LogP contribution in [0.2, 0.25) is 0 Å². The molecule has 2 amide bonds. The third-order valence-corrected chi connectivity index (χ3v) is 7.83. The predicted molar refractivity (Wildman–Crippen MR) is 174 cm³/mol. The number of carbonyl (C=O) groups is 4. The normalized spacial score (nSPS) is 16.2. The maximum absolute atomic E-state index is 13.4. The lowest BCUT2D eigenvalue weighted by Gasteiger charge is -2.26. The number of rotatable bonds is 15. The lowest BCUT2D eigenvalue weighted by Crippen LogP contribution is -2.43. The molecule has 0 spiro atoms. The van der Waals surface area contributed by atoms with Gasteiger partial charge in [-0.1, -0.05) is 49.1 Å². The van der Waals surface area contributed by atoms with E-state index in [9.17, 15) is 32.3 Å². The second-order valence-corrected chi connectivity index (χ2v) is 11.5. The van der Waals surface area contributed by atoms with Gasteiger partial charge in [-0.3, -0.25) is 14.4 Å². The first kappa shape index (κ1) is 36.7. The zero-order valence-electron chi connectivity index (χ0n) is 26.9. The van der Waals surface area contributed by atoms with Crippen LogP contribution in [0.15, 0.2) is 91.5 Å². The number of halogens is 3. The number of hydrogen-bond acceptors (Lipinski definition) is 8. The number of carbonyl (C=O) groups excluding carboxylic acids is 4. The fourth-order valence-corrected chi connectivity index (χ4v) is 5.17. The summed E-state index contributed by atoms with van der Waals surface area (Å²) in [5.74, 6) is -1.79. The summed E-state index contributed by atoms with van der Waals surface area (Å²) in [5.41, 5.74) is 0.0864. The number of esters is 2. The number of benzene rings is 3. The highest BCUT2D eigenvalue weighted by Gasteiger charge is 2.32. The number of ether oxygens (including phenoxy) is 3. The first-order chi connectivity index (χ1) is 23.4. The maximum atomic E-state index is 13.4. The minimum atomic E-state index is -4.54. The van der Waals surface area contributed by atoms with Crippen molar-refractivity contribution < 1.29 is 46.6 Å². The Morgan fingerprint density at radius 3 is 2.43 bits per heavy atom. The van der Waals surface area contributed by atoms with Crippen molar-refractivity contribution in [2.75, 3.05) is 26.8 Å². The van der Waals surface area contributed by atoms with Crippen molar-refractivity contribution in [3.05, 3.63) is 114 Å². The fraction of sp³-hybridized carbons (Fsp3) is 0.333. The topological polar surface area (TPSA) is 123 Å². The smallest absolute Gasteiger partial charge is 0.416 e. The van der Waals surface area contributed by atoms with Crippen LogP contribution < -0.4 is 15.4 Å². The standard InChI is InChI=1S/C36H38F3N3O7/c1-3-18-47-32(43)17-16-31(35(46)49-22-24-8-5-4-6-9-24)42(2)34(45)25-12-14-30(15-13-25)48-23-29-20-28(21-40-29)41-33(44)26-10-7-11-27(19-26)36(37,38)39/h3-15,19,28-29,31,40H,1,16-18,20-23H2,2H3,(H,41,44)/t28-,29+,31+/m1/s1. The Bertz CT molecular complexity index is 1600. The van der Waals surface area contributed by atoms with E-state index < -0.39 is 41.5 Å². The van der Waals surface area contributed by atoms with Crippen molar-refractivity contribution >= 4 is 23.8 Å². The molecule has 13 heteroatoms. The molecule has 3 atom stereocenters. The van der Waals surface area contributed by atoms with E-state index in [0.717, 1.165) is 17.7 Å². The summed E-state index contributed by atoms with van der Waals surface area (Å²) in [4.78, 5) is 52.4. The quantitative estimate of drug-likeness (QED) is 0.171. The zero-order chi connectivity index (χ0) is 35.4. The van der Waals surface area contributed by atoms with Gasteiger partial charge in [-0.05, 0) is 60.9 Å². The van der Waals surface area contributed by atoms with Gasteiger partial charge in [-0.15, -0.1) is 0 Å². The molecule has 260 valence electrons. The third-order valence-electron chi connectivity index (χ3n) is 7.83. The second kappa shape index (κ2) is 17.3. The summed E-state index contributed by atoms with van der Waals surface area (Å²) in [6.07, 6.45) is -2.75. The van der Waals surface area contributed by atoms with Crippen LogP contribution in [0.25, 0.3) is 0 Å². The first-order valence-electron chi connectivity index (χ1n) is 15.6. The monoisotopic (exact) mass is 681 g/mol. The molecule has 1 heterocycles. The molecular weight excluding hydrogens is 643 g/mol. The van der Waals surface area contributed by atoms with Crippen molar-refractivity contribution in [2.24, 2.45) is 0 Å². The van der Waals surface area contributed by atoms with Gasteiger partial charge in [0.1, 0.15) is 31.6 Å². The Hall–Kier alpha value is -5.17. The molecule has 49 heavy (non-hydrogen) atoms. The highest BCUT2D eigenvalue weighted by molar-refractivity contribution is 5.97. The largest absolute Gasteiger partial charge is 0.492 e. The molecule has 1 aliphatic rings. The van der Waals surface area contributed by atoms with Gasteiger partial charge < -0.3 is 29.7 Å². The molecule has 2 N–H and O–H groups in total. The number of nitrogens with zero attached hydrogens (tertiary/aromatic N) is 1. The Balaban J connectivity index is 1.29. The second-order valence-electron chi connectivity index (χ2n) is 11.5. The molecule has 3 aromatic carbocycles. The predicted octanol–water partition coefficient (Wildman–Crippen LogP) is 4.94. The van der Waals surface area contributed by atoms with E-state index in [1.54, 1.807) is 36.4 Å². The Labute approximate surface area is 282 Å². The van der Waals surface area contributed by atoms with Gasteiger partial charge in [0.2, 0.25) is 0 Å². The Kier molecular flexibility index (Phi) is 12.9. The van der Waals surface area contributed by atoms with Crippen LogP contribution >= 0.6 is 0 Å². The van der Waals surface area contributed by atoms with E-state index in [1.165, 1.54) is 30.2 Å². The molecule has 0 aliphatic carbocycles. The summed E-state index contributed by atoms with van der Waals surface area (Å²) in [7, 11) is 1.46. The average molecular weight is 682 g/mol. The summed E-state index contributed by atoms with van der Waals surface area (Å²) in [5, 5.41) is 5.99. The van der Waals surface area contributed by atoms with E-state index in [0.29, 0.717) is 18.7 Å². The van der Waals surface area contributed by atoms with E-state index in [2.05, 4.69) is 17.2 Å². The highest BCUT2D eigenvalue weighted by Crippen LogP contribution is 2.29. The van der Waals surface area contributed by atoms with Crippen LogP contribution in [0.1, 0.15) is 51.1 Å². The average Bonchev–Trinajstić information content (AvgIpc) is 3.55. The van der Waals surface area contributed by atoms with Gasteiger partial charge in [0.05, 0.1) is 5.56 Å². The van der Waals surface area contributed by atoms with Gasteiger partial charge >= 0.3 is 18.1 Å². The van der Waals surface area contributed by atoms with Crippen molar-refractivity contribution in [1.29, 1.82) is 0 Å². The molecule has 3 aromatic rings. The molecule has 1 saturated heterocycles. The molecule has 0 unspecified atom stereocenters. The van der Waals surface area contributed by atoms with Gasteiger partial charge in [0, 0.05) is 43.2 Å². The number of likely N-dealkylation sites (N-methyl/N-ethyl adjacent to an activating group) is 1. The summed E-state index contributed by atoms with van der Waals surface area (Å²) in [6, 6.07) is 18.2. The third kappa shape index (κ3) is 10.9. The molecule has 0 aromatic heterocycles. The summed E-state index contributed by atoms with van der Waals surface area (Å²) in [6.45, 7) is 4.19. The molecule has 0 saturated carbocycles. The highest BCUT2D eigenvalue weighted by atomic mass is 19.4. The van der Waals surface area contributed by atoms with Gasteiger partial charge in [-0.2, -0.15) is 13.2 Å². The van der Waals surface area contributed by atoms with Crippen molar-refractivity contribution in [2.45, 2.75) is 50.2 Å². The van der Waals surface area contributed by atoms with Crippen LogP contribution in [-0.4, -0.2) is 73.6 Å². The lowest BCUT2D eigenvalue weighted by atomic mass is 10.1. The van der Waals surface area contributed by atoms with Gasteiger partial charge in [0.15, 0.2) is 0 Å². The number of alkyl halides is 3. The number of hydrogen-bond donors (Lipinski definition) is 2. The van der Waals surface area contributed by atoms with Crippen LogP contribution in [-0.2, 0) is 31.8 Å². The Morgan fingerprint density at radius 1 is 1.00 bits per heavy atom. The fourth-order valence-electron chi connectivity index (χ4n) is 5.17. The number of amides is 2. The molecule has 4 rings (SSSR count).